The Labute approximate surface area is 119 Å². The number of carbonyl (C=O) groups is 2. The maximum atomic E-state index is 11.5. The number of carboxylic acid groups (broad SMARTS) is 1. The van der Waals surface area contributed by atoms with Gasteiger partial charge < -0.3 is 15.2 Å². The minimum Gasteiger partial charge on any atom is -0.480 e. The summed E-state index contributed by atoms with van der Waals surface area (Å²) in [6.07, 6.45) is 0.967. The average Bonchev–Trinajstić information content (AvgIpc) is 2.27. The van der Waals surface area contributed by atoms with Crippen molar-refractivity contribution >= 4 is 23.6 Å². The average molecular weight is 291 g/mol. The Morgan fingerprint density at radius 3 is 2.37 bits per heavy atom. The number of carbonyl (C=O) groups excluding carboxylic acids is 1. The summed E-state index contributed by atoms with van der Waals surface area (Å²) in [7, 11) is 0. The van der Waals surface area contributed by atoms with E-state index in [2.05, 4.69) is 5.32 Å². The second-order valence-electron chi connectivity index (χ2n) is 4.94. The van der Waals surface area contributed by atoms with Gasteiger partial charge in [-0.05, 0) is 26.2 Å². The van der Waals surface area contributed by atoms with E-state index in [0.29, 0.717) is 13.2 Å². The molecule has 0 radical (unpaired) electrons. The normalized spacial score (nSPS) is 12.7. The molecule has 19 heavy (non-hydrogen) atoms. The van der Waals surface area contributed by atoms with Crippen LogP contribution in [0.15, 0.2) is 0 Å². The molecule has 0 aromatic rings. The number of amides is 1. The number of nitrogens with one attached hydrogen (secondary N) is 1. The maximum absolute atomic E-state index is 11.5. The SMILES string of the molecule is CC(C)OCCCNC(=O)CSC(C(=O)O)C(C)C. The fourth-order valence-corrected chi connectivity index (χ4v) is 2.34. The van der Waals surface area contributed by atoms with Gasteiger partial charge in [-0.25, -0.2) is 0 Å². The van der Waals surface area contributed by atoms with Gasteiger partial charge in [0.05, 0.1) is 11.9 Å². The number of aliphatic carboxylic acids is 1. The number of thioether (sulfide) groups is 1. The molecule has 0 aromatic heterocycles. The quantitative estimate of drug-likeness (QED) is 0.600. The fourth-order valence-electron chi connectivity index (χ4n) is 1.38. The van der Waals surface area contributed by atoms with E-state index in [9.17, 15) is 9.59 Å². The first-order valence-electron chi connectivity index (χ1n) is 6.57. The van der Waals surface area contributed by atoms with Gasteiger partial charge in [0.1, 0.15) is 5.25 Å². The molecule has 0 aliphatic rings. The van der Waals surface area contributed by atoms with E-state index in [1.807, 2.05) is 27.7 Å². The van der Waals surface area contributed by atoms with Crippen LogP contribution in [-0.4, -0.2) is 47.2 Å². The van der Waals surface area contributed by atoms with E-state index in [1.165, 1.54) is 11.8 Å². The minimum absolute atomic E-state index is 0.00902. The summed E-state index contributed by atoms with van der Waals surface area (Å²) in [5.41, 5.74) is 0. The standard InChI is InChI=1S/C13H25NO4S/c1-9(2)12(13(16)17)19-8-11(15)14-6-5-7-18-10(3)4/h9-10,12H,5-8H2,1-4H3,(H,14,15)(H,16,17). The van der Waals surface area contributed by atoms with Crippen LogP contribution in [-0.2, 0) is 14.3 Å². The zero-order valence-electron chi connectivity index (χ0n) is 12.1. The molecule has 6 heteroatoms. The second-order valence-corrected chi connectivity index (χ2v) is 6.07. The second kappa shape index (κ2) is 10.1. The first kappa shape index (κ1) is 18.2. The number of hydrogen-bond donors (Lipinski definition) is 2. The summed E-state index contributed by atoms with van der Waals surface area (Å²) in [4.78, 5) is 22.5. The summed E-state index contributed by atoms with van der Waals surface area (Å²) in [6.45, 7) is 8.79. The molecule has 1 unspecified atom stereocenters. The Hall–Kier alpha value is -0.750. The molecule has 0 saturated carbocycles. The topological polar surface area (TPSA) is 75.6 Å². The minimum atomic E-state index is -0.863. The third-order valence-electron chi connectivity index (χ3n) is 2.34. The summed E-state index contributed by atoms with van der Waals surface area (Å²) in [5.74, 6) is -0.797. The Morgan fingerprint density at radius 1 is 1.26 bits per heavy atom. The molecular formula is C13H25NO4S. The van der Waals surface area contributed by atoms with E-state index in [4.69, 9.17) is 9.84 Å². The highest BCUT2D eigenvalue weighted by Gasteiger charge is 2.22. The van der Waals surface area contributed by atoms with Gasteiger partial charge in [-0.2, -0.15) is 0 Å². The van der Waals surface area contributed by atoms with Gasteiger partial charge in [-0.3, -0.25) is 9.59 Å². The maximum Gasteiger partial charge on any atom is 0.316 e. The van der Waals surface area contributed by atoms with Crippen LogP contribution in [0.5, 0.6) is 0 Å². The lowest BCUT2D eigenvalue weighted by atomic mass is 10.1. The van der Waals surface area contributed by atoms with Crippen molar-refractivity contribution in [1.82, 2.24) is 5.32 Å². The Morgan fingerprint density at radius 2 is 1.89 bits per heavy atom. The summed E-state index contributed by atoms with van der Waals surface area (Å²) in [6, 6.07) is 0. The van der Waals surface area contributed by atoms with Crippen LogP contribution in [0.4, 0.5) is 0 Å². The first-order valence-corrected chi connectivity index (χ1v) is 7.62. The van der Waals surface area contributed by atoms with E-state index in [0.717, 1.165) is 6.42 Å². The van der Waals surface area contributed by atoms with Crippen LogP contribution in [0.1, 0.15) is 34.1 Å². The molecule has 112 valence electrons. The highest BCUT2D eigenvalue weighted by molar-refractivity contribution is 8.01. The largest absolute Gasteiger partial charge is 0.480 e. The van der Waals surface area contributed by atoms with E-state index >= 15 is 0 Å². The van der Waals surface area contributed by atoms with Crippen molar-refractivity contribution in [2.45, 2.75) is 45.5 Å². The predicted octanol–water partition coefficient (Wildman–Crippen LogP) is 1.76. The molecule has 1 amide bonds. The Kier molecular flexibility index (Phi) is 9.69. The molecule has 2 N–H and O–H groups in total. The lowest BCUT2D eigenvalue weighted by molar-refractivity contribution is -0.137. The van der Waals surface area contributed by atoms with Crippen molar-refractivity contribution in [2.75, 3.05) is 18.9 Å². The molecular weight excluding hydrogens is 266 g/mol. The smallest absolute Gasteiger partial charge is 0.316 e. The van der Waals surface area contributed by atoms with Crippen molar-refractivity contribution in [3.05, 3.63) is 0 Å². The van der Waals surface area contributed by atoms with E-state index < -0.39 is 11.2 Å². The zero-order chi connectivity index (χ0) is 14.8. The number of rotatable bonds is 10. The first-order chi connectivity index (χ1) is 8.84. The molecule has 0 spiro atoms. The summed E-state index contributed by atoms with van der Waals surface area (Å²) >= 11 is 1.17. The lowest BCUT2D eigenvalue weighted by Gasteiger charge is -2.15. The number of hydrogen-bond acceptors (Lipinski definition) is 4. The van der Waals surface area contributed by atoms with Crippen molar-refractivity contribution < 1.29 is 19.4 Å². The predicted molar refractivity (Wildman–Crippen MR) is 77.4 cm³/mol. The zero-order valence-corrected chi connectivity index (χ0v) is 13.0. The third-order valence-corrected chi connectivity index (χ3v) is 3.87. The van der Waals surface area contributed by atoms with E-state index in [-0.39, 0.29) is 23.7 Å². The van der Waals surface area contributed by atoms with Crippen molar-refractivity contribution in [3.63, 3.8) is 0 Å². The van der Waals surface area contributed by atoms with Crippen molar-refractivity contribution in [3.8, 4) is 0 Å². The van der Waals surface area contributed by atoms with Gasteiger partial charge in [0, 0.05) is 13.2 Å². The van der Waals surface area contributed by atoms with Gasteiger partial charge in [-0.15, -0.1) is 11.8 Å². The lowest BCUT2D eigenvalue weighted by Crippen LogP contribution is -2.30. The van der Waals surface area contributed by atoms with Crippen LogP contribution in [0.25, 0.3) is 0 Å². The van der Waals surface area contributed by atoms with Gasteiger partial charge in [0.2, 0.25) is 5.91 Å². The van der Waals surface area contributed by atoms with Crippen LogP contribution < -0.4 is 5.32 Å². The summed E-state index contributed by atoms with van der Waals surface area (Å²) in [5, 5.41) is 11.2. The van der Waals surface area contributed by atoms with Crippen molar-refractivity contribution in [1.29, 1.82) is 0 Å². The van der Waals surface area contributed by atoms with Crippen LogP contribution in [0.2, 0.25) is 0 Å². The third kappa shape index (κ3) is 9.78. The highest BCUT2D eigenvalue weighted by Crippen LogP contribution is 2.19. The molecule has 0 aliphatic carbocycles. The molecule has 1 atom stereocenters. The molecule has 0 fully saturated rings. The van der Waals surface area contributed by atoms with Crippen molar-refractivity contribution in [2.24, 2.45) is 5.92 Å². The van der Waals surface area contributed by atoms with Crippen LogP contribution in [0.3, 0.4) is 0 Å². The molecule has 0 bridgehead atoms. The summed E-state index contributed by atoms with van der Waals surface area (Å²) < 4.78 is 5.35. The van der Waals surface area contributed by atoms with Gasteiger partial charge in [-0.1, -0.05) is 13.8 Å². The monoisotopic (exact) mass is 291 g/mol. The highest BCUT2D eigenvalue weighted by atomic mass is 32.2. The van der Waals surface area contributed by atoms with Gasteiger partial charge in [0.25, 0.3) is 0 Å². The molecule has 0 heterocycles. The number of ether oxygens (including phenoxy) is 1. The molecule has 0 saturated heterocycles. The molecule has 0 aromatic carbocycles. The fraction of sp³-hybridized carbons (Fsp3) is 0.846. The Bertz CT molecular complexity index is 282. The van der Waals surface area contributed by atoms with Gasteiger partial charge in [0.15, 0.2) is 0 Å². The van der Waals surface area contributed by atoms with E-state index in [1.54, 1.807) is 0 Å². The Balaban J connectivity index is 3.71. The van der Waals surface area contributed by atoms with Crippen LogP contribution >= 0.6 is 11.8 Å². The number of carboxylic acids is 1. The molecule has 5 nitrogen and oxygen atoms in total. The molecule has 0 aliphatic heterocycles. The van der Waals surface area contributed by atoms with Gasteiger partial charge >= 0.3 is 5.97 Å². The van der Waals surface area contributed by atoms with Crippen LogP contribution in [0, 0.1) is 5.92 Å². The molecule has 0 rings (SSSR count).